The van der Waals surface area contributed by atoms with Crippen LogP contribution in [0.5, 0.6) is 0 Å². The largest absolute Gasteiger partial charge is 0.375 e. The van der Waals surface area contributed by atoms with Crippen LogP contribution in [0.2, 0.25) is 0 Å². The number of nitrogens with one attached hydrogen (secondary N) is 1. The molecule has 25 heavy (non-hydrogen) atoms. The summed E-state index contributed by atoms with van der Waals surface area (Å²) < 4.78 is 20.3. The predicted octanol–water partition coefficient (Wildman–Crippen LogP) is 4.12. The molecule has 1 unspecified atom stereocenters. The normalized spacial score (nSPS) is 26.7. The molecular weight excluding hydrogens is 319 g/mol. The lowest BCUT2D eigenvalue weighted by Gasteiger charge is -2.36. The number of rotatable bonds is 1. The van der Waals surface area contributed by atoms with Gasteiger partial charge in [0.05, 0.1) is 11.3 Å². The zero-order chi connectivity index (χ0) is 17.7. The summed E-state index contributed by atoms with van der Waals surface area (Å²) in [5, 5.41) is 3.17. The molecule has 1 spiro atoms. The van der Waals surface area contributed by atoms with Crippen LogP contribution in [0.3, 0.4) is 0 Å². The van der Waals surface area contributed by atoms with E-state index in [0.717, 1.165) is 49.8 Å². The number of ether oxygens (including phenoxy) is 1. The van der Waals surface area contributed by atoms with Gasteiger partial charge in [-0.2, -0.15) is 0 Å². The molecule has 1 aromatic rings. The zero-order valence-electron chi connectivity index (χ0n) is 15.1. The molecule has 0 radical (unpaired) electrons. The highest BCUT2D eigenvalue weighted by Crippen LogP contribution is 2.51. The van der Waals surface area contributed by atoms with Gasteiger partial charge in [0.1, 0.15) is 5.82 Å². The van der Waals surface area contributed by atoms with Gasteiger partial charge in [-0.3, -0.25) is 4.90 Å². The minimum absolute atomic E-state index is 0.0988. The van der Waals surface area contributed by atoms with E-state index in [0.29, 0.717) is 13.2 Å². The van der Waals surface area contributed by atoms with Crippen LogP contribution in [0.4, 0.5) is 14.9 Å². The van der Waals surface area contributed by atoms with Crippen LogP contribution in [0.1, 0.15) is 57.9 Å². The topological polar surface area (TPSA) is 41.6 Å². The second kappa shape index (κ2) is 5.97. The number of hydrogen-bond donors (Lipinski definition) is 1. The lowest BCUT2D eigenvalue weighted by Crippen LogP contribution is -2.50. The van der Waals surface area contributed by atoms with Crippen molar-refractivity contribution in [2.24, 2.45) is 0 Å². The van der Waals surface area contributed by atoms with Crippen LogP contribution in [-0.2, 0) is 10.2 Å². The molecule has 2 heterocycles. The number of anilines is 1. The molecule has 4 rings (SSSR count). The molecule has 1 aliphatic carbocycles. The number of carbonyl (C=O) groups excluding carboxylic acids is 1. The second-order valence-corrected chi connectivity index (χ2v) is 8.45. The summed E-state index contributed by atoms with van der Waals surface area (Å²) in [4.78, 5) is 14.8. The quantitative estimate of drug-likeness (QED) is 0.831. The van der Waals surface area contributed by atoms with Crippen molar-refractivity contribution in [1.82, 2.24) is 5.32 Å². The first-order valence-corrected chi connectivity index (χ1v) is 9.41. The fourth-order valence-electron chi connectivity index (χ4n) is 4.98. The fraction of sp³-hybridized carbons (Fsp3) is 0.650. The molecule has 2 fully saturated rings. The van der Waals surface area contributed by atoms with Crippen LogP contribution in [-0.4, -0.2) is 30.8 Å². The molecule has 5 heteroatoms. The Kier molecular flexibility index (Phi) is 4.02. The maximum atomic E-state index is 14.6. The van der Waals surface area contributed by atoms with Crippen molar-refractivity contribution in [3.63, 3.8) is 0 Å². The van der Waals surface area contributed by atoms with Crippen molar-refractivity contribution < 1.29 is 13.9 Å². The van der Waals surface area contributed by atoms with E-state index in [1.165, 1.54) is 6.07 Å². The lowest BCUT2D eigenvalue weighted by molar-refractivity contribution is -0.0610. The van der Waals surface area contributed by atoms with Crippen molar-refractivity contribution in [1.29, 1.82) is 0 Å². The van der Waals surface area contributed by atoms with E-state index in [9.17, 15) is 9.18 Å². The minimum Gasteiger partial charge on any atom is -0.375 e. The Morgan fingerprint density at radius 3 is 2.80 bits per heavy atom. The van der Waals surface area contributed by atoms with Crippen LogP contribution in [0.15, 0.2) is 18.2 Å². The van der Waals surface area contributed by atoms with Gasteiger partial charge in [0, 0.05) is 30.2 Å². The molecule has 1 saturated carbocycles. The summed E-state index contributed by atoms with van der Waals surface area (Å²) in [6, 6.07) is 5.13. The summed E-state index contributed by atoms with van der Waals surface area (Å²) in [5.41, 5.74) is 1.12. The summed E-state index contributed by atoms with van der Waals surface area (Å²) in [6.45, 7) is 5.37. The van der Waals surface area contributed by atoms with Crippen molar-refractivity contribution in [3.8, 4) is 0 Å². The van der Waals surface area contributed by atoms with Gasteiger partial charge in [-0.1, -0.05) is 18.9 Å². The van der Waals surface area contributed by atoms with Crippen LogP contribution in [0.25, 0.3) is 0 Å². The molecule has 3 aliphatic rings. The van der Waals surface area contributed by atoms with Crippen LogP contribution in [0, 0.1) is 5.82 Å². The minimum atomic E-state index is -0.210. The number of nitrogens with zero attached hydrogens (tertiary/aromatic N) is 1. The Morgan fingerprint density at radius 2 is 2.08 bits per heavy atom. The zero-order valence-corrected chi connectivity index (χ0v) is 15.1. The van der Waals surface area contributed by atoms with Crippen molar-refractivity contribution in [3.05, 3.63) is 29.6 Å². The maximum absolute atomic E-state index is 14.6. The molecule has 2 aliphatic heterocycles. The van der Waals surface area contributed by atoms with Gasteiger partial charge >= 0.3 is 6.03 Å². The molecule has 4 nitrogen and oxygen atoms in total. The SMILES string of the molecule is CC1(C)CC(NC(=O)N2CC3(CCCC3)c3c(F)cccc32)CCO1. The number of hydrogen-bond acceptors (Lipinski definition) is 2. The van der Waals surface area contributed by atoms with Crippen molar-refractivity contribution >= 4 is 11.7 Å². The molecule has 0 bridgehead atoms. The molecule has 1 N–H and O–H groups in total. The van der Waals surface area contributed by atoms with Crippen molar-refractivity contribution in [2.45, 2.75) is 69.4 Å². The fourth-order valence-corrected chi connectivity index (χ4v) is 4.98. The first kappa shape index (κ1) is 16.8. The Morgan fingerprint density at radius 1 is 1.32 bits per heavy atom. The van der Waals surface area contributed by atoms with Crippen LogP contribution < -0.4 is 10.2 Å². The Hall–Kier alpha value is -1.62. The van der Waals surface area contributed by atoms with E-state index >= 15 is 0 Å². The third-order valence-electron chi connectivity index (χ3n) is 6.10. The summed E-state index contributed by atoms with van der Waals surface area (Å²) in [5.74, 6) is -0.165. The molecular formula is C20H27FN2O2. The molecule has 136 valence electrons. The third kappa shape index (κ3) is 2.92. The summed E-state index contributed by atoms with van der Waals surface area (Å²) in [7, 11) is 0. The number of fused-ring (bicyclic) bond motifs is 2. The van der Waals surface area contributed by atoms with E-state index in [-0.39, 0.29) is 28.9 Å². The molecule has 1 aromatic carbocycles. The van der Waals surface area contributed by atoms with Crippen molar-refractivity contribution in [2.75, 3.05) is 18.1 Å². The maximum Gasteiger partial charge on any atom is 0.322 e. The molecule has 1 saturated heterocycles. The predicted molar refractivity (Wildman–Crippen MR) is 95.5 cm³/mol. The van der Waals surface area contributed by atoms with E-state index in [1.54, 1.807) is 11.0 Å². The number of urea groups is 1. The first-order chi connectivity index (χ1) is 11.9. The van der Waals surface area contributed by atoms with Gasteiger partial charge in [0.2, 0.25) is 0 Å². The highest BCUT2D eigenvalue weighted by Gasteiger charge is 2.48. The molecule has 0 aromatic heterocycles. The monoisotopic (exact) mass is 346 g/mol. The van der Waals surface area contributed by atoms with Gasteiger partial charge in [0.15, 0.2) is 0 Å². The first-order valence-electron chi connectivity index (χ1n) is 9.41. The average molecular weight is 346 g/mol. The van der Waals surface area contributed by atoms with E-state index in [4.69, 9.17) is 4.74 Å². The summed E-state index contributed by atoms with van der Waals surface area (Å²) in [6.07, 6.45) is 5.77. The van der Waals surface area contributed by atoms with Gasteiger partial charge < -0.3 is 10.1 Å². The molecule has 2 amide bonds. The van der Waals surface area contributed by atoms with E-state index in [1.807, 2.05) is 6.07 Å². The Bertz CT molecular complexity index is 682. The standard InChI is InChI=1S/C20H27FN2O2/c1-19(2)12-14(8-11-25-19)22-18(24)23-13-20(9-3-4-10-20)17-15(21)6-5-7-16(17)23/h5-7,14H,3-4,8-13H2,1-2H3,(H,22,24). The second-order valence-electron chi connectivity index (χ2n) is 8.45. The number of amides is 2. The average Bonchev–Trinajstić information content (AvgIpc) is 3.13. The third-order valence-corrected chi connectivity index (χ3v) is 6.10. The van der Waals surface area contributed by atoms with Gasteiger partial charge in [-0.25, -0.2) is 9.18 Å². The number of halogens is 1. The Labute approximate surface area is 148 Å². The lowest BCUT2D eigenvalue weighted by atomic mass is 9.80. The number of carbonyl (C=O) groups is 1. The van der Waals surface area contributed by atoms with Gasteiger partial charge in [0.25, 0.3) is 0 Å². The smallest absolute Gasteiger partial charge is 0.322 e. The Balaban J connectivity index is 1.57. The van der Waals surface area contributed by atoms with E-state index in [2.05, 4.69) is 19.2 Å². The molecule has 1 atom stereocenters. The van der Waals surface area contributed by atoms with E-state index < -0.39 is 0 Å². The highest BCUT2D eigenvalue weighted by molar-refractivity contribution is 5.95. The van der Waals surface area contributed by atoms with Gasteiger partial charge in [-0.05, 0) is 51.7 Å². The summed E-state index contributed by atoms with van der Waals surface area (Å²) >= 11 is 0. The number of benzene rings is 1. The van der Waals surface area contributed by atoms with Gasteiger partial charge in [-0.15, -0.1) is 0 Å². The highest BCUT2D eigenvalue weighted by atomic mass is 19.1. The van der Waals surface area contributed by atoms with Crippen LogP contribution >= 0.6 is 0 Å².